The smallest absolute Gasteiger partial charge is 0.244 e. The van der Waals surface area contributed by atoms with Gasteiger partial charge in [-0.15, -0.1) is 0 Å². The summed E-state index contributed by atoms with van der Waals surface area (Å²) in [6.07, 6.45) is 2.28. The third kappa shape index (κ3) is 1.29. The Balaban J connectivity index is 1.73. The molecule has 1 unspecified atom stereocenters. The van der Waals surface area contributed by atoms with Crippen LogP contribution in [-0.2, 0) is 4.79 Å². The first kappa shape index (κ1) is 11.5. The molecule has 1 heterocycles. The van der Waals surface area contributed by atoms with E-state index >= 15 is 0 Å². The lowest BCUT2D eigenvalue weighted by Gasteiger charge is -2.22. The van der Waals surface area contributed by atoms with Crippen molar-refractivity contribution in [3.63, 3.8) is 0 Å². The van der Waals surface area contributed by atoms with Gasteiger partial charge < -0.3 is 4.90 Å². The lowest BCUT2D eigenvalue weighted by atomic mass is 10.0. The van der Waals surface area contributed by atoms with E-state index in [0.717, 1.165) is 19.4 Å². The molecule has 1 amide bonds. The highest BCUT2D eigenvalue weighted by Gasteiger charge is 2.67. The summed E-state index contributed by atoms with van der Waals surface area (Å²) >= 11 is 0. The Morgan fingerprint density at radius 2 is 1.76 bits per heavy atom. The molecule has 17 heavy (non-hydrogen) atoms. The second-order valence-electron chi connectivity index (χ2n) is 7.36. The van der Waals surface area contributed by atoms with Crippen molar-refractivity contribution >= 4 is 5.91 Å². The highest BCUT2D eigenvalue weighted by Crippen LogP contribution is 2.68. The van der Waals surface area contributed by atoms with E-state index in [4.69, 9.17) is 0 Å². The van der Waals surface area contributed by atoms with Crippen molar-refractivity contribution in [2.24, 2.45) is 16.7 Å². The first-order chi connectivity index (χ1) is 7.72. The second kappa shape index (κ2) is 2.87. The molecule has 0 aromatic heterocycles. The van der Waals surface area contributed by atoms with Crippen molar-refractivity contribution < 1.29 is 4.79 Å². The van der Waals surface area contributed by atoms with E-state index in [0.29, 0.717) is 22.7 Å². The van der Waals surface area contributed by atoms with Crippen molar-refractivity contribution in [2.75, 3.05) is 6.54 Å². The van der Waals surface area contributed by atoms with Gasteiger partial charge in [0.2, 0.25) is 5.91 Å². The van der Waals surface area contributed by atoms with E-state index in [-0.39, 0.29) is 11.7 Å². The van der Waals surface area contributed by atoms with Gasteiger partial charge in [-0.25, -0.2) is 0 Å². The van der Waals surface area contributed by atoms with Crippen molar-refractivity contribution in [1.29, 1.82) is 0 Å². The van der Waals surface area contributed by atoms with E-state index in [1.54, 1.807) is 0 Å². The Kier molecular flexibility index (Phi) is 1.95. The number of carbonyl (C=O) groups excluding carboxylic acids is 1. The van der Waals surface area contributed by atoms with Crippen LogP contribution < -0.4 is 5.32 Å². The first-order valence-electron chi connectivity index (χ1n) is 6.81. The summed E-state index contributed by atoms with van der Waals surface area (Å²) in [5, 5.41) is 3.47. The van der Waals surface area contributed by atoms with Gasteiger partial charge >= 0.3 is 0 Å². The molecule has 2 aliphatic carbocycles. The van der Waals surface area contributed by atoms with Crippen LogP contribution in [0.5, 0.6) is 0 Å². The Hall–Kier alpha value is -0.570. The number of nitrogens with zero attached hydrogens (tertiary/aromatic N) is 1. The summed E-state index contributed by atoms with van der Waals surface area (Å²) in [7, 11) is 0. The van der Waals surface area contributed by atoms with Gasteiger partial charge in [-0.3, -0.25) is 10.1 Å². The van der Waals surface area contributed by atoms with Crippen LogP contribution in [-0.4, -0.2) is 29.1 Å². The van der Waals surface area contributed by atoms with E-state index in [9.17, 15) is 4.79 Å². The Morgan fingerprint density at radius 3 is 2.12 bits per heavy atom. The van der Waals surface area contributed by atoms with Crippen molar-refractivity contribution in [3.8, 4) is 0 Å². The number of amides is 1. The fraction of sp³-hybridized carbons (Fsp3) is 0.929. The van der Waals surface area contributed by atoms with Crippen LogP contribution in [0.25, 0.3) is 0 Å². The van der Waals surface area contributed by atoms with E-state index in [2.05, 4.69) is 44.8 Å². The van der Waals surface area contributed by atoms with Crippen LogP contribution in [0, 0.1) is 16.7 Å². The second-order valence-corrected chi connectivity index (χ2v) is 7.36. The van der Waals surface area contributed by atoms with Crippen LogP contribution >= 0.6 is 0 Å². The summed E-state index contributed by atoms with van der Waals surface area (Å²) in [5.41, 5.74) is 0.585. The molecule has 1 saturated heterocycles. The summed E-state index contributed by atoms with van der Waals surface area (Å²) < 4.78 is 0. The van der Waals surface area contributed by atoms with E-state index in [1.807, 2.05) is 0 Å². The molecule has 3 aliphatic rings. The Labute approximate surface area is 104 Å². The molecule has 3 fully saturated rings. The predicted molar refractivity (Wildman–Crippen MR) is 67.3 cm³/mol. The standard InChI is InChI=1S/C14H24N2O/c1-9-15-14(6-7-14)11(17)16(9)8-10-12(2,3)13(10,4)5/h9-10,15H,6-8H2,1-5H3. The molecule has 3 nitrogen and oxygen atoms in total. The average molecular weight is 236 g/mol. The Bertz CT molecular complexity index is 368. The maximum absolute atomic E-state index is 12.3. The molecule has 2 saturated carbocycles. The van der Waals surface area contributed by atoms with E-state index < -0.39 is 0 Å². The average Bonchev–Trinajstić information content (AvgIpc) is 3.01. The van der Waals surface area contributed by atoms with Gasteiger partial charge in [-0.1, -0.05) is 27.7 Å². The molecule has 96 valence electrons. The van der Waals surface area contributed by atoms with Crippen LogP contribution in [0.15, 0.2) is 0 Å². The predicted octanol–water partition coefficient (Wildman–Crippen LogP) is 1.98. The van der Waals surface area contributed by atoms with Crippen molar-refractivity contribution in [2.45, 2.75) is 59.2 Å². The zero-order chi connectivity index (χ0) is 12.6. The van der Waals surface area contributed by atoms with Gasteiger partial charge in [0.1, 0.15) is 0 Å². The van der Waals surface area contributed by atoms with Crippen molar-refractivity contribution in [1.82, 2.24) is 10.2 Å². The lowest BCUT2D eigenvalue weighted by molar-refractivity contribution is -0.131. The molecular weight excluding hydrogens is 212 g/mol. The topological polar surface area (TPSA) is 32.3 Å². The minimum Gasteiger partial charge on any atom is -0.326 e. The molecule has 3 heteroatoms. The zero-order valence-corrected chi connectivity index (χ0v) is 11.6. The zero-order valence-electron chi connectivity index (χ0n) is 11.6. The lowest BCUT2D eigenvalue weighted by Crippen LogP contribution is -2.37. The summed E-state index contributed by atoms with van der Waals surface area (Å²) in [5.74, 6) is 0.987. The third-order valence-electron chi connectivity index (χ3n) is 6.07. The molecule has 0 bridgehead atoms. The molecule has 1 spiro atoms. The molecule has 1 atom stereocenters. The molecule has 1 aliphatic heterocycles. The Morgan fingerprint density at radius 1 is 1.24 bits per heavy atom. The highest BCUT2D eigenvalue weighted by atomic mass is 16.2. The van der Waals surface area contributed by atoms with Crippen LogP contribution in [0.3, 0.4) is 0 Å². The third-order valence-corrected chi connectivity index (χ3v) is 6.07. The van der Waals surface area contributed by atoms with Gasteiger partial charge in [0.05, 0.1) is 11.7 Å². The maximum atomic E-state index is 12.3. The number of rotatable bonds is 2. The molecule has 0 radical (unpaired) electrons. The van der Waals surface area contributed by atoms with Crippen LogP contribution in [0.4, 0.5) is 0 Å². The summed E-state index contributed by atoms with van der Waals surface area (Å²) in [4.78, 5) is 14.4. The summed E-state index contributed by atoms with van der Waals surface area (Å²) in [6.45, 7) is 12.3. The highest BCUT2D eigenvalue weighted by molar-refractivity contribution is 5.91. The fourth-order valence-corrected chi connectivity index (χ4v) is 3.70. The van der Waals surface area contributed by atoms with Gasteiger partial charge in [0.15, 0.2) is 0 Å². The normalized spacial score (nSPS) is 36.6. The van der Waals surface area contributed by atoms with Gasteiger partial charge in [-0.05, 0) is 36.5 Å². The molecule has 0 aromatic carbocycles. The fourth-order valence-electron chi connectivity index (χ4n) is 3.70. The van der Waals surface area contributed by atoms with Gasteiger partial charge in [0, 0.05) is 6.54 Å². The number of carbonyl (C=O) groups is 1. The minimum absolute atomic E-state index is 0.150. The number of hydrogen-bond acceptors (Lipinski definition) is 2. The van der Waals surface area contributed by atoms with Gasteiger partial charge in [0.25, 0.3) is 0 Å². The van der Waals surface area contributed by atoms with E-state index in [1.165, 1.54) is 0 Å². The molecule has 0 aromatic rings. The quantitative estimate of drug-likeness (QED) is 0.795. The minimum atomic E-state index is -0.150. The first-order valence-corrected chi connectivity index (χ1v) is 6.81. The molecule has 3 rings (SSSR count). The molecular formula is C14H24N2O. The molecule has 1 N–H and O–H groups in total. The van der Waals surface area contributed by atoms with Crippen molar-refractivity contribution in [3.05, 3.63) is 0 Å². The van der Waals surface area contributed by atoms with Crippen LogP contribution in [0.2, 0.25) is 0 Å². The number of nitrogens with one attached hydrogen (secondary N) is 1. The summed E-state index contributed by atoms with van der Waals surface area (Å²) in [6, 6.07) is 0. The SMILES string of the molecule is CC1NC2(CC2)C(=O)N1CC1C(C)(C)C1(C)C. The monoisotopic (exact) mass is 236 g/mol. The number of hydrogen-bond donors (Lipinski definition) is 1. The van der Waals surface area contributed by atoms with Crippen LogP contribution in [0.1, 0.15) is 47.5 Å². The van der Waals surface area contributed by atoms with Gasteiger partial charge in [-0.2, -0.15) is 0 Å². The maximum Gasteiger partial charge on any atom is 0.244 e. The largest absolute Gasteiger partial charge is 0.326 e.